The first-order chi connectivity index (χ1) is 51.8. The summed E-state index contributed by atoms with van der Waals surface area (Å²) in [6, 6.07) is 68.5. The summed E-state index contributed by atoms with van der Waals surface area (Å²) < 4.78 is 48.2. The summed E-state index contributed by atoms with van der Waals surface area (Å²) in [5.74, 6) is 4.13. The molecule has 0 bridgehead atoms. The monoisotopic (exact) mass is 1450 g/mol. The standard InChI is InChI=1S/C24H26O4.C24H24O2.C16H18O5.C16H16O3.C10H12O.CH3F/c1-16-9-10-19(13-17(16)2)23(25)24(26)20-11-12-21(22(14-20)27-3)28-15-18-7-5-4-6-8-18;1-18-9-10-20(15-19(18)2)11-12-21-13-14-23(24(16-21)25-3)26-17-22-7-5-4-6-8-22;1-9-7-10(3-5-12(9)17)15(19)16(20)11-4-6-13(18)14(8-11)21-2;1-11-9-12(5-7-14(11)17)3-4-13-6-8-15(18)16(10-13)19-2;1-3-4-9-5-6-10(11)8(2)7-9;1-2/h4-14,23-26H,15H2,1-3H3;4-16H,17H2,1-3H3;3-8,15-20H,1-2H3;3-10,17-18H,1-2H3;3-7,11H,1-2H3;1H3/b;12-11+;;2*4-3+;/i;;;;;1D. The molecule has 0 saturated carbocycles. The summed E-state index contributed by atoms with van der Waals surface area (Å²) >= 11 is 0. The minimum Gasteiger partial charge on any atom is -0.508 e. The van der Waals surface area contributed by atoms with Crippen LogP contribution in [0, 0.1) is 48.5 Å². The Hall–Kier alpha value is -11.8. The lowest BCUT2D eigenvalue weighted by atomic mass is 9.95. The van der Waals surface area contributed by atoms with Gasteiger partial charge in [0.2, 0.25) is 0 Å². The first-order valence-corrected chi connectivity index (χ1v) is 34.4. The molecule has 9 N–H and O–H groups in total. The molecule has 11 aromatic rings. The van der Waals surface area contributed by atoms with Gasteiger partial charge in [-0.3, -0.25) is 4.39 Å². The van der Waals surface area contributed by atoms with Gasteiger partial charge in [0.25, 0.3) is 0 Å². The molecule has 0 heterocycles. The number of hydrogen-bond acceptors (Lipinski definition) is 15. The maximum atomic E-state index is 10.7. The van der Waals surface area contributed by atoms with Crippen molar-refractivity contribution in [3.05, 3.63) is 331 Å². The molecule has 16 heteroatoms. The summed E-state index contributed by atoms with van der Waals surface area (Å²) in [5, 5.41) is 89.0. The molecule has 11 rings (SSSR count). The predicted octanol–water partition coefficient (Wildman–Crippen LogP) is 19.8. The van der Waals surface area contributed by atoms with Crippen molar-refractivity contribution in [2.75, 3.05) is 35.6 Å². The van der Waals surface area contributed by atoms with E-state index in [0.717, 1.165) is 67.1 Å². The average Bonchev–Trinajstić information content (AvgIpc) is 1.03. The molecule has 0 aromatic heterocycles. The van der Waals surface area contributed by atoms with Crippen molar-refractivity contribution >= 4 is 30.4 Å². The Kier molecular flexibility index (Phi) is 33.0. The van der Waals surface area contributed by atoms with Gasteiger partial charge in [0.15, 0.2) is 46.0 Å². The fourth-order valence-electron chi connectivity index (χ4n) is 10.6. The number of ether oxygens (including phenoxy) is 6. The van der Waals surface area contributed by atoms with Crippen LogP contribution in [0.15, 0.2) is 231 Å². The van der Waals surface area contributed by atoms with Crippen molar-refractivity contribution in [3.63, 3.8) is 0 Å². The number of phenolic OH excluding ortho intramolecular Hbond substituents is 5. The number of alkyl halides is 1. The molecule has 0 fully saturated rings. The Balaban J connectivity index is 0.000000214. The van der Waals surface area contributed by atoms with Crippen molar-refractivity contribution in [3.8, 4) is 63.2 Å². The van der Waals surface area contributed by atoms with Crippen LogP contribution in [0.25, 0.3) is 30.4 Å². The van der Waals surface area contributed by atoms with Crippen molar-refractivity contribution in [2.24, 2.45) is 0 Å². The number of aryl methyl sites for hydroxylation is 7. The van der Waals surface area contributed by atoms with Gasteiger partial charge in [0, 0.05) is 0 Å². The Labute approximate surface area is 629 Å². The van der Waals surface area contributed by atoms with Crippen LogP contribution in [0.2, 0.25) is 0 Å². The molecule has 0 amide bonds. The lowest BCUT2D eigenvalue weighted by Gasteiger charge is -2.21. The van der Waals surface area contributed by atoms with E-state index >= 15 is 0 Å². The third-order valence-corrected chi connectivity index (χ3v) is 17.2. The molecule has 11 aromatic carbocycles. The second-order valence-electron chi connectivity index (χ2n) is 25.0. The number of halogens is 1. The van der Waals surface area contributed by atoms with Gasteiger partial charge in [-0.1, -0.05) is 176 Å². The normalized spacial score (nSPS) is 12.0. The van der Waals surface area contributed by atoms with Crippen LogP contribution in [0.5, 0.6) is 63.2 Å². The van der Waals surface area contributed by atoms with E-state index < -0.39 is 31.6 Å². The number of benzene rings is 11. The number of phenols is 5. The fourth-order valence-corrected chi connectivity index (χ4v) is 10.6. The van der Waals surface area contributed by atoms with Crippen LogP contribution in [0.1, 0.15) is 133 Å². The Bertz CT molecular complexity index is 4710. The highest BCUT2D eigenvalue weighted by Crippen LogP contribution is 2.38. The van der Waals surface area contributed by atoms with E-state index in [4.69, 9.17) is 29.8 Å². The first kappa shape index (κ1) is 82.5. The highest BCUT2D eigenvalue weighted by Gasteiger charge is 2.24. The third-order valence-electron chi connectivity index (χ3n) is 17.2. The Morgan fingerprint density at radius 2 is 0.589 bits per heavy atom. The van der Waals surface area contributed by atoms with E-state index in [0.29, 0.717) is 69.8 Å². The zero-order chi connectivity index (χ0) is 78.8. The fraction of sp³-hybridized carbons (Fsp3) is 0.209. The molecule has 560 valence electrons. The van der Waals surface area contributed by atoms with Crippen molar-refractivity contribution in [1.82, 2.24) is 0 Å². The van der Waals surface area contributed by atoms with Gasteiger partial charge in [0.05, 0.1) is 37.0 Å². The molecule has 0 aliphatic carbocycles. The molecule has 107 heavy (non-hydrogen) atoms. The van der Waals surface area contributed by atoms with Crippen LogP contribution in [-0.2, 0) is 13.2 Å². The topological polar surface area (TPSA) is 237 Å². The van der Waals surface area contributed by atoms with Gasteiger partial charge in [-0.15, -0.1) is 0 Å². The Morgan fingerprint density at radius 3 is 1.00 bits per heavy atom. The summed E-state index contributed by atoms with van der Waals surface area (Å²) in [5.41, 5.74) is 16.9. The highest BCUT2D eigenvalue weighted by molar-refractivity contribution is 5.73. The lowest BCUT2D eigenvalue weighted by Crippen LogP contribution is -2.11. The summed E-state index contributed by atoms with van der Waals surface area (Å²) in [7, 11) is 5.15. The minimum absolute atomic E-state index is 0.0385. The second-order valence-corrected chi connectivity index (χ2v) is 25.0. The van der Waals surface area contributed by atoms with E-state index in [1.807, 2.05) is 186 Å². The largest absolute Gasteiger partial charge is 0.508 e. The smallest absolute Gasteiger partial charge is 0.161 e. The second kappa shape index (κ2) is 42.8. The number of aliphatic hydroxyl groups is 4. The van der Waals surface area contributed by atoms with E-state index in [-0.39, 0.29) is 23.0 Å². The average molecular weight is 1450 g/mol. The van der Waals surface area contributed by atoms with E-state index in [1.165, 1.54) is 55.2 Å². The summed E-state index contributed by atoms with van der Waals surface area (Å²) in [6.45, 7) is 16.6. The van der Waals surface area contributed by atoms with Crippen LogP contribution in [-0.4, -0.2) is 81.6 Å². The highest BCUT2D eigenvalue weighted by atomic mass is 19.1. The number of aliphatic hydroxyl groups excluding tert-OH is 4. The molecular formula is C91H99FO15. The Morgan fingerprint density at radius 1 is 0.308 bits per heavy atom. The molecule has 4 atom stereocenters. The maximum Gasteiger partial charge on any atom is 0.161 e. The predicted molar refractivity (Wildman–Crippen MR) is 427 cm³/mol. The molecular weight excluding hydrogens is 1350 g/mol. The molecule has 0 spiro atoms. The van der Waals surface area contributed by atoms with Gasteiger partial charge in [-0.25, -0.2) is 0 Å². The number of rotatable bonds is 21. The summed E-state index contributed by atoms with van der Waals surface area (Å²) in [6.07, 6.45) is 7.63. The van der Waals surface area contributed by atoms with Crippen LogP contribution in [0.4, 0.5) is 4.39 Å². The van der Waals surface area contributed by atoms with Gasteiger partial charge in [-0.05, 0) is 240 Å². The molecule has 0 saturated heterocycles. The van der Waals surface area contributed by atoms with Gasteiger partial charge in [0.1, 0.15) is 54.9 Å². The van der Waals surface area contributed by atoms with Crippen LogP contribution < -0.4 is 28.4 Å². The number of allylic oxidation sites excluding steroid dienone is 1. The van der Waals surface area contributed by atoms with Crippen molar-refractivity contribution in [2.45, 2.75) is 93.0 Å². The third kappa shape index (κ3) is 25.8. The van der Waals surface area contributed by atoms with E-state index in [1.54, 1.807) is 75.7 Å². The van der Waals surface area contributed by atoms with Gasteiger partial charge < -0.3 is 74.4 Å². The maximum absolute atomic E-state index is 10.7. The molecule has 0 aliphatic rings. The van der Waals surface area contributed by atoms with E-state index in [9.17, 15) is 50.3 Å². The SMILES string of the molecule is C/C=C/c1ccc(O)c(C)c1.COc1cc(/C=C/c2ccc(C)c(C)c2)ccc1OCc1ccccc1.COc1cc(/C=C/c2ccc(O)c(C)c2)ccc1O.COc1cc(C(O)C(O)c2ccc(C)c(C)c2)ccc1OCc1ccccc1.COc1cc(C(O)C(O)c2ccc(O)c(C)c2)ccc1O.[2H]CF. The quantitative estimate of drug-likeness (QED) is 0.0304. The molecule has 4 unspecified atom stereocenters. The number of methoxy groups -OCH3 is 4. The zero-order valence-electron chi connectivity index (χ0n) is 63.6. The number of aromatic hydroxyl groups is 5. The van der Waals surface area contributed by atoms with Crippen LogP contribution >= 0.6 is 0 Å². The van der Waals surface area contributed by atoms with Crippen LogP contribution in [0.3, 0.4) is 0 Å². The van der Waals surface area contributed by atoms with E-state index in [2.05, 4.69) is 44.2 Å². The first-order valence-electron chi connectivity index (χ1n) is 35.1. The molecule has 0 aliphatic heterocycles. The van der Waals surface area contributed by atoms with Gasteiger partial charge >= 0.3 is 0 Å². The number of hydrogen-bond donors (Lipinski definition) is 9. The van der Waals surface area contributed by atoms with Crippen molar-refractivity contribution < 1.29 is 80.1 Å². The van der Waals surface area contributed by atoms with Crippen molar-refractivity contribution in [1.29, 1.82) is 0 Å². The summed E-state index contributed by atoms with van der Waals surface area (Å²) in [4.78, 5) is 0. The minimum atomic E-state index is -1.18. The molecule has 15 nitrogen and oxygen atoms in total. The zero-order valence-corrected chi connectivity index (χ0v) is 62.6. The molecule has 0 radical (unpaired) electrons. The van der Waals surface area contributed by atoms with Gasteiger partial charge in [-0.2, -0.15) is 0 Å². The lowest BCUT2D eigenvalue weighted by molar-refractivity contribution is 0.0170.